The van der Waals surface area contributed by atoms with E-state index in [2.05, 4.69) is 10.2 Å². The first-order valence-corrected chi connectivity index (χ1v) is 7.49. The third kappa shape index (κ3) is 3.41. The Balaban J connectivity index is 2.13. The smallest absolute Gasteiger partial charge is 0.335 e. The van der Waals surface area contributed by atoms with E-state index in [1.807, 2.05) is 30.3 Å². The van der Waals surface area contributed by atoms with Gasteiger partial charge in [0.25, 0.3) is 0 Å². The number of nitrogens with one attached hydrogen (secondary N) is 2. The third-order valence-electron chi connectivity index (χ3n) is 3.77. The van der Waals surface area contributed by atoms with Crippen LogP contribution in [0.4, 0.5) is 0 Å². The Kier molecular flexibility index (Phi) is 4.58. The van der Waals surface area contributed by atoms with Gasteiger partial charge in [-0.25, -0.2) is 10.3 Å². The maximum Gasteiger partial charge on any atom is 0.335 e. The number of H-pyrrole nitrogens is 1. The van der Waals surface area contributed by atoms with Crippen LogP contribution in [0, 0.1) is 0 Å². The SMILES string of the molecule is O=C(Cc1c(-c2cccc(C(=O)O)c2)n[nH]c1-c1ccccc1)NO. The van der Waals surface area contributed by atoms with Gasteiger partial charge in [0.15, 0.2) is 0 Å². The molecule has 0 saturated carbocycles. The molecule has 7 heteroatoms. The fraction of sp³-hybridized carbons (Fsp3) is 0.0556. The second-order valence-electron chi connectivity index (χ2n) is 5.39. The molecule has 3 aromatic rings. The van der Waals surface area contributed by atoms with Gasteiger partial charge in [-0.05, 0) is 17.7 Å². The van der Waals surface area contributed by atoms with Crippen LogP contribution in [-0.4, -0.2) is 32.4 Å². The monoisotopic (exact) mass is 337 g/mol. The van der Waals surface area contributed by atoms with E-state index >= 15 is 0 Å². The molecule has 2 aromatic carbocycles. The number of carbonyl (C=O) groups is 2. The second-order valence-corrected chi connectivity index (χ2v) is 5.39. The van der Waals surface area contributed by atoms with Gasteiger partial charge in [0.1, 0.15) is 0 Å². The molecule has 0 spiro atoms. The molecule has 0 radical (unpaired) electrons. The molecular formula is C18H15N3O4. The Morgan fingerprint density at radius 2 is 1.76 bits per heavy atom. The topological polar surface area (TPSA) is 115 Å². The van der Waals surface area contributed by atoms with Crippen LogP contribution in [-0.2, 0) is 11.2 Å². The van der Waals surface area contributed by atoms with Gasteiger partial charge in [-0.2, -0.15) is 5.10 Å². The maximum atomic E-state index is 11.7. The molecule has 0 unspecified atom stereocenters. The lowest BCUT2D eigenvalue weighted by atomic mass is 9.98. The van der Waals surface area contributed by atoms with E-state index in [0.717, 1.165) is 5.56 Å². The first kappa shape index (κ1) is 16.4. The van der Waals surface area contributed by atoms with Crippen LogP contribution in [0.15, 0.2) is 54.6 Å². The number of hydroxylamine groups is 1. The summed E-state index contributed by atoms with van der Waals surface area (Å²) in [6, 6.07) is 15.6. The highest BCUT2D eigenvalue weighted by molar-refractivity contribution is 5.90. The Morgan fingerprint density at radius 1 is 1.04 bits per heavy atom. The summed E-state index contributed by atoms with van der Waals surface area (Å²) < 4.78 is 0. The summed E-state index contributed by atoms with van der Waals surface area (Å²) in [6.07, 6.45) is -0.107. The minimum absolute atomic E-state index is 0.107. The zero-order chi connectivity index (χ0) is 17.8. The average Bonchev–Trinajstić information content (AvgIpc) is 3.05. The van der Waals surface area contributed by atoms with Gasteiger partial charge >= 0.3 is 5.97 Å². The lowest BCUT2D eigenvalue weighted by molar-refractivity contribution is -0.128. The summed E-state index contributed by atoms with van der Waals surface area (Å²) >= 11 is 0. The van der Waals surface area contributed by atoms with E-state index in [4.69, 9.17) is 10.3 Å². The van der Waals surface area contributed by atoms with Gasteiger partial charge in [0.05, 0.1) is 23.4 Å². The molecule has 3 rings (SSSR count). The normalized spacial score (nSPS) is 10.4. The molecule has 126 valence electrons. The minimum atomic E-state index is -1.05. The first-order chi connectivity index (χ1) is 12.1. The predicted octanol–water partition coefficient (Wildman–Crippen LogP) is 2.49. The van der Waals surface area contributed by atoms with Crippen LogP contribution >= 0.6 is 0 Å². The molecule has 7 nitrogen and oxygen atoms in total. The molecule has 0 aliphatic carbocycles. The molecule has 0 saturated heterocycles. The van der Waals surface area contributed by atoms with E-state index in [9.17, 15) is 9.59 Å². The summed E-state index contributed by atoms with van der Waals surface area (Å²) in [5.41, 5.74) is 4.81. The number of carboxylic acids is 1. The number of aromatic carboxylic acids is 1. The lowest BCUT2D eigenvalue weighted by Gasteiger charge is -2.06. The van der Waals surface area contributed by atoms with Crippen LogP contribution in [0.2, 0.25) is 0 Å². The number of rotatable bonds is 5. The van der Waals surface area contributed by atoms with Gasteiger partial charge in [-0.3, -0.25) is 15.1 Å². The molecule has 0 aliphatic heterocycles. The van der Waals surface area contributed by atoms with Gasteiger partial charge in [-0.1, -0.05) is 42.5 Å². The molecule has 0 aliphatic rings. The summed E-state index contributed by atoms with van der Waals surface area (Å²) in [5.74, 6) is -1.63. The minimum Gasteiger partial charge on any atom is -0.478 e. The summed E-state index contributed by atoms with van der Waals surface area (Å²) in [4.78, 5) is 22.9. The van der Waals surface area contributed by atoms with Gasteiger partial charge in [0, 0.05) is 11.1 Å². The quantitative estimate of drug-likeness (QED) is 0.422. The van der Waals surface area contributed by atoms with Crippen LogP contribution < -0.4 is 5.48 Å². The van der Waals surface area contributed by atoms with Crippen molar-refractivity contribution in [3.63, 3.8) is 0 Å². The van der Waals surface area contributed by atoms with Gasteiger partial charge in [-0.15, -0.1) is 0 Å². The molecule has 1 heterocycles. The number of benzene rings is 2. The van der Waals surface area contributed by atoms with Crippen LogP contribution in [0.1, 0.15) is 15.9 Å². The molecule has 0 bridgehead atoms. The standard InChI is InChI=1S/C18H15N3O4/c22-15(21-25)10-14-16(11-5-2-1-3-6-11)19-20-17(14)12-7-4-8-13(9-12)18(23)24/h1-9,25H,10H2,(H,19,20)(H,21,22)(H,23,24). The number of hydrogen-bond donors (Lipinski definition) is 4. The average molecular weight is 337 g/mol. The van der Waals surface area contributed by atoms with Crippen molar-refractivity contribution in [2.75, 3.05) is 0 Å². The largest absolute Gasteiger partial charge is 0.478 e. The van der Waals surface area contributed by atoms with Crippen molar-refractivity contribution in [3.05, 3.63) is 65.7 Å². The number of amides is 1. The van der Waals surface area contributed by atoms with Crippen LogP contribution in [0.5, 0.6) is 0 Å². The van der Waals surface area contributed by atoms with Crippen LogP contribution in [0.25, 0.3) is 22.5 Å². The highest BCUT2D eigenvalue weighted by Crippen LogP contribution is 2.31. The van der Waals surface area contributed by atoms with Crippen molar-refractivity contribution in [1.82, 2.24) is 15.7 Å². The third-order valence-corrected chi connectivity index (χ3v) is 3.77. The number of carbonyl (C=O) groups excluding carboxylic acids is 1. The maximum absolute atomic E-state index is 11.7. The summed E-state index contributed by atoms with van der Waals surface area (Å²) in [6.45, 7) is 0. The van der Waals surface area contributed by atoms with Crippen LogP contribution in [0.3, 0.4) is 0 Å². The zero-order valence-electron chi connectivity index (χ0n) is 13.1. The molecule has 0 fully saturated rings. The second kappa shape index (κ2) is 6.98. The van der Waals surface area contributed by atoms with Crippen molar-refractivity contribution >= 4 is 11.9 Å². The molecule has 4 N–H and O–H groups in total. The lowest BCUT2D eigenvalue weighted by Crippen LogP contribution is -2.21. The fourth-order valence-corrected chi connectivity index (χ4v) is 2.62. The van der Waals surface area contributed by atoms with Gasteiger partial charge in [0.2, 0.25) is 5.91 Å². The number of carboxylic acid groups (broad SMARTS) is 1. The van der Waals surface area contributed by atoms with Gasteiger partial charge < -0.3 is 5.11 Å². The highest BCUT2D eigenvalue weighted by Gasteiger charge is 2.19. The van der Waals surface area contributed by atoms with E-state index in [1.165, 1.54) is 12.1 Å². The van der Waals surface area contributed by atoms with Crippen molar-refractivity contribution in [3.8, 4) is 22.5 Å². The van der Waals surface area contributed by atoms with E-state index in [0.29, 0.717) is 22.5 Å². The van der Waals surface area contributed by atoms with Crippen molar-refractivity contribution in [2.24, 2.45) is 0 Å². The molecule has 1 aromatic heterocycles. The first-order valence-electron chi connectivity index (χ1n) is 7.49. The molecule has 0 atom stereocenters. The zero-order valence-corrected chi connectivity index (χ0v) is 13.1. The van der Waals surface area contributed by atoms with E-state index in [-0.39, 0.29) is 12.0 Å². The Bertz CT molecular complexity index is 919. The van der Waals surface area contributed by atoms with Crippen molar-refractivity contribution < 1.29 is 19.9 Å². The van der Waals surface area contributed by atoms with E-state index < -0.39 is 11.9 Å². The highest BCUT2D eigenvalue weighted by atomic mass is 16.5. The number of hydrogen-bond acceptors (Lipinski definition) is 4. The number of aromatic amines is 1. The van der Waals surface area contributed by atoms with E-state index in [1.54, 1.807) is 17.6 Å². The molecular weight excluding hydrogens is 322 g/mol. The summed E-state index contributed by atoms with van der Waals surface area (Å²) in [5, 5.41) is 25.2. The van der Waals surface area contributed by atoms with Crippen molar-refractivity contribution in [1.29, 1.82) is 0 Å². The number of nitrogens with zero attached hydrogens (tertiary/aromatic N) is 1. The predicted molar refractivity (Wildman–Crippen MR) is 90.1 cm³/mol. The Morgan fingerprint density at radius 3 is 2.44 bits per heavy atom. The van der Waals surface area contributed by atoms with Crippen molar-refractivity contribution in [2.45, 2.75) is 6.42 Å². The summed E-state index contributed by atoms with van der Waals surface area (Å²) in [7, 11) is 0. The Labute approximate surface area is 142 Å². The Hall–Kier alpha value is -3.45. The molecule has 25 heavy (non-hydrogen) atoms. The number of aromatic nitrogens is 2. The fourth-order valence-electron chi connectivity index (χ4n) is 2.62. The molecule has 1 amide bonds.